The number of halogens is 2. The Morgan fingerprint density at radius 3 is 2.58 bits per heavy atom. The van der Waals surface area contributed by atoms with Crippen LogP contribution in [0.15, 0.2) is 26.5 Å². The summed E-state index contributed by atoms with van der Waals surface area (Å²) >= 11 is 8.25. The predicted octanol–water partition coefficient (Wildman–Crippen LogP) is 3.69. The maximum Gasteiger partial charge on any atom is 0.275 e. The molecule has 1 aromatic carbocycles. The Balaban J connectivity index is 2.24. The van der Waals surface area contributed by atoms with Crippen LogP contribution in [0.1, 0.15) is 21.1 Å². The molecule has 0 aliphatic heterocycles. The molecule has 2 rings (SSSR count). The molecule has 0 unspecified atom stereocenters. The van der Waals surface area contributed by atoms with Gasteiger partial charge in [0, 0.05) is 20.9 Å². The van der Waals surface area contributed by atoms with Crippen molar-refractivity contribution in [3.8, 4) is 0 Å². The van der Waals surface area contributed by atoms with Crippen LogP contribution in [-0.2, 0) is 6.54 Å². The molecule has 0 saturated heterocycles. The number of nitrogens with one attached hydrogen (secondary N) is 1. The molecule has 0 radical (unpaired) electrons. The molecule has 1 aromatic heterocycles. The van der Waals surface area contributed by atoms with Crippen LogP contribution in [0.4, 0.5) is 5.69 Å². The van der Waals surface area contributed by atoms with Gasteiger partial charge < -0.3 is 11.1 Å². The van der Waals surface area contributed by atoms with E-state index in [1.54, 1.807) is 5.38 Å². The van der Waals surface area contributed by atoms with Gasteiger partial charge in [0.25, 0.3) is 5.91 Å². The zero-order valence-electron chi connectivity index (χ0n) is 10.0. The first-order valence-corrected chi connectivity index (χ1v) is 7.89. The molecule has 0 bridgehead atoms. The molecule has 7 heteroatoms. The molecule has 2 aromatic rings. The summed E-state index contributed by atoms with van der Waals surface area (Å²) in [5.41, 5.74) is 7.65. The van der Waals surface area contributed by atoms with Crippen LogP contribution in [0.25, 0.3) is 0 Å². The van der Waals surface area contributed by atoms with Gasteiger partial charge >= 0.3 is 0 Å². The van der Waals surface area contributed by atoms with Crippen molar-refractivity contribution in [3.63, 3.8) is 0 Å². The molecule has 100 valence electrons. The van der Waals surface area contributed by atoms with Crippen molar-refractivity contribution in [3.05, 3.63) is 42.7 Å². The number of amides is 1. The van der Waals surface area contributed by atoms with E-state index in [1.165, 1.54) is 11.3 Å². The van der Waals surface area contributed by atoms with Gasteiger partial charge in [-0.3, -0.25) is 4.79 Å². The molecule has 0 fully saturated rings. The van der Waals surface area contributed by atoms with Crippen LogP contribution in [0.5, 0.6) is 0 Å². The largest absolute Gasteiger partial charge is 0.325 e. The second-order valence-corrected chi connectivity index (χ2v) is 6.54. The first kappa shape index (κ1) is 14.6. The predicted molar refractivity (Wildman–Crippen MR) is 84.5 cm³/mol. The summed E-state index contributed by atoms with van der Waals surface area (Å²) in [5.74, 6) is -0.249. The number of aryl methyl sites for hydroxylation is 1. The van der Waals surface area contributed by atoms with E-state index in [2.05, 4.69) is 42.2 Å². The first-order valence-electron chi connectivity index (χ1n) is 5.42. The number of hydrogen-bond donors (Lipinski definition) is 2. The third kappa shape index (κ3) is 3.42. The highest BCUT2D eigenvalue weighted by Crippen LogP contribution is 2.32. The summed E-state index contributed by atoms with van der Waals surface area (Å²) in [6.07, 6.45) is 0. The highest BCUT2D eigenvalue weighted by Gasteiger charge is 2.14. The SMILES string of the molecule is Cc1cc(Br)c(NC(=O)c2csc(CN)n2)c(Br)c1. The summed E-state index contributed by atoms with van der Waals surface area (Å²) in [4.78, 5) is 16.2. The monoisotopic (exact) mass is 403 g/mol. The Hall–Kier alpha value is -0.760. The fraction of sp³-hybridized carbons (Fsp3) is 0.167. The Bertz CT molecular complexity index is 604. The molecule has 0 aliphatic carbocycles. The fourth-order valence-corrected chi connectivity index (χ4v) is 3.77. The van der Waals surface area contributed by atoms with Crippen molar-refractivity contribution < 1.29 is 4.79 Å². The molecule has 4 nitrogen and oxygen atoms in total. The number of rotatable bonds is 3. The second-order valence-electron chi connectivity index (χ2n) is 3.89. The third-order valence-corrected chi connectivity index (χ3v) is 4.51. The highest BCUT2D eigenvalue weighted by molar-refractivity contribution is 9.11. The molecule has 19 heavy (non-hydrogen) atoms. The van der Waals surface area contributed by atoms with Gasteiger partial charge in [0.1, 0.15) is 10.7 Å². The van der Waals surface area contributed by atoms with Crippen LogP contribution in [0.2, 0.25) is 0 Å². The number of hydrogen-bond acceptors (Lipinski definition) is 4. The minimum absolute atomic E-state index is 0.249. The quantitative estimate of drug-likeness (QED) is 0.819. The van der Waals surface area contributed by atoms with Crippen LogP contribution in [0.3, 0.4) is 0 Å². The Kier molecular flexibility index (Phi) is 4.72. The number of nitrogens with two attached hydrogens (primary N) is 1. The maximum atomic E-state index is 12.1. The minimum atomic E-state index is -0.249. The van der Waals surface area contributed by atoms with E-state index in [0.717, 1.165) is 19.5 Å². The smallest absolute Gasteiger partial charge is 0.275 e. The van der Waals surface area contributed by atoms with E-state index in [9.17, 15) is 4.79 Å². The molecule has 0 saturated carbocycles. The number of carbonyl (C=O) groups is 1. The fourth-order valence-electron chi connectivity index (χ4n) is 1.51. The van der Waals surface area contributed by atoms with Gasteiger partial charge in [-0.1, -0.05) is 0 Å². The molecule has 0 atom stereocenters. The molecular weight excluding hydrogens is 394 g/mol. The van der Waals surface area contributed by atoms with Gasteiger partial charge in [-0.25, -0.2) is 4.98 Å². The topological polar surface area (TPSA) is 68.0 Å². The zero-order chi connectivity index (χ0) is 14.0. The lowest BCUT2D eigenvalue weighted by molar-refractivity contribution is 0.102. The molecule has 0 aliphatic rings. The van der Waals surface area contributed by atoms with Gasteiger partial charge in [-0.15, -0.1) is 11.3 Å². The molecule has 0 spiro atoms. The summed E-state index contributed by atoms with van der Waals surface area (Å²) in [5, 5.41) is 5.27. The van der Waals surface area contributed by atoms with Crippen LogP contribution in [0, 0.1) is 6.92 Å². The number of anilines is 1. The van der Waals surface area contributed by atoms with Crippen LogP contribution >= 0.6 is 43.2 Å². The van der Waals surface area contributed by atoms with Crippen molar-refractivity contribution in [2.24, 2.45) is 5.73 Å². The third-order valence-electron chi connectivity index (χ3n) is 2.38. The molecule has 1 heterocycles. The Labute approximate surface area is 131 Å². The number of nitrogens with zero attached hydrogens (tertiary/aromatic N) is 1. The van der Waals surface area contributed by atoms with Crippen molar-refractivity contribution in [1.29, 1.82) is 0 Å². The summed E-state index contributed by atoms with van der Waals surface area (Å²) in [7, 11) is 0. The molecular formula is C12H11Br2N3OS. The zero-order valence-corrected chi connectivity index (χ0v) is 14.0. The van der Waals surface area contributed by atoms with Gasteiger partial charge in [0.2, 0.25) is 0 Å². The summed E-state index contributed by atoms with van der Waals surface area (Å²) in [6, 6.07) is 3.87. The molecule has 1 amide bonds. The van der Waals surface area contributed by atoms with E-state index in [-0.39, 0.29) is 5.91 Å². The minimum Gasteiger partial charge on any atom is -0.325 e. The highest BCUT2D eigenvalue weighted by atomic mass is 79.9. The van der Waals surface area contributed by atoms with Gasteiger partial charge in [-0.2, -0.15) is 0 Å². The van der Waals surface area contributed by atoms with Crippen LogP contribution < -0.4 is 11.1 Å². The van der Waals surface area contributed by atoms with Gasteiger partial charge in [0.15, 0.2) is 0 Å². The standard InChI is InChI=1S/C12H11Br2N3OS/c1-6-2-7(13)11(8(14)3-6)17-12(18)9-5-19-10(4-15)16-9/h2-3,5H,4,15H2,1H3,(H,17,18). The number of carbonyl (C=O) groups excluding carboxylic acids is 1. The normalized spacial score (nSPS) is 10.5. The average Bonchev–Trinajstić information content (AvgIpc) is 2.82. The van der Waals surface area contributed by atoms with Gasteiger partial charge in [0.05, 0.1) is 5.69 Å². The van der Waals surface area contributed by atoms with Crippen LogP contribution in [-0.4, -0.2) is 10.9 Å². The number of thiazole rings is 1. The van der Waals surface area contributed by atoms with Crippen molar-refractivity contribution in [1.82, 2.24) is 4.98 Å². The Morgan fingerprint density at radius 1 is 1.42 bits per heavy atom. The molecule has 3 N–H and O–H groups in total. The van der Waals surface area contributed by atoms with E-state index in [1.807, 2.05) is 19.1 Å². The van der Waals surface area contributed by atoms with Crippen molar-refractivity contribution in [2.75, 3.05) is 5.32 Å². The van der Waals surface area contributed by atoms with Crippen molar-refractivity contribution >= 4 is 54.8 Å². The summed E-state index contributed by atoms with van der Waals surface area (Å²) < 4.78 is 1.64. The number of aromatic nitrogens is 1. The van der Waals surface area contributed by atoms with E-state index in [0.29, 0.717) is 17.9 Å². The maximum absolute atomic E-state index is 12.1. The lowest BCUT2D eigenvalue weighted by Gasteiger charge is -2.09. The van der Waals surface area contributed by atoms with Gasteiger partial charge in [-0.05, 0) is 56.5 Å². The Morgan fingerprint density at radius 2 is 2.05 bits per heavy atom. The second kappa shape index (κ2) is 6.13. The summed E-state index contributed by atoms with van der Waals surface area (Å²) in [6.45, 7) is 2.32. The lowest BCUT2D eigenvalue weighted by atomic mass is 10.2. The van der Waals surface area contributed by atoms with Crippen molar-refractivity contribution in [2.45, 2.75) is 13.5 Å². The number of benzene rings is 1. The van der Waals surface area contributed by atoms with E-state index < -0.39 is 0 Å². The van der Waals surface area contributed by atoms with E-state index >= 15 is 0 Å². The first-order chi connectivity index (χ1) is 9.01. The van der Waals surface area contributed by atoms with E-state index in [4.69, 9.17) is 5.73 Å². The lowest BCUT2D eigenvalue weighted by Crippen LogP contribution is -2.13. The average molecular weight is 405 g/mol.